The number of esters is 1. The van der Waals surface area contributed by atoms with Crippen molar-refractivity contribution in [2.45, 2.75) is 43.7 Å². The molecule has 0 aromatic heterocycles. The highest BCUT2D eigenvalue weighted by atomic mass is 32.2. The number of carbonyl (C=O) groups is 1. The van der Waals surface area contributed by atoms with Gasteiger partial charge in [-0.3, -0.25) is 4.79 Å². The van der Waals surface area contributed by atoms with Crippen LogP contribution in [0.25, 0.3) is 0 Å². The lowest BCUT2D eigenvalue weighted by Crippen LogP contribution is -2.47. The van der Waals surface area contributed by atoms with Crippen molar-refractivity contribution in [3.05, 3.63) is 35.6 Å². The number of ether oxygens (including phenoxy) is 1. The Morgan fingerprint density at radius 2 is 2.00 bits per heavy atom. The molecule has 150 valence electrons. The van der Waals surface area contributed by atoms with E-state index >= 15 is 0 Å². The summed E-state index contributed by atoms with van der Waals surface area (Å²) < 4.78 is 19.1. The minimum absolute atomic E-state index is 0.0905. The first kappa shape index (κ1) is 21.0. The van der Waals surface area contributed by atoms with Gasteiger partial charge in [-0.05, 0) is 56.2 Å². The highest BCUT2D eigenvalue weighted by Crippen LogP contribution is 2.46. The summed E-state index contributed by atoms with van der Waals surface area (Å²) in [4.78, 5) is 14.7. The van der Waals surface area contributed by atoms with E-state index in [1.54, 1.807) is 12.1 Å². The number of fused-ring (bicyclic) bond motifs is 2. The van der Waals surface area contributed by atoms with Crippen LogP contribution in [0.4, 0.5) is 4.39 Å². The predicted molar refractivity (Wildman–Crippen MR) is 113 cm³/mol. The molecule has 1 aromatic rings. The zero-order valence-corrected chi connectivity index (χ0v) is 17.9. The number of hydrogen-bond donors (Lipinski definition) is 0. The van der Waals surface area contributed by atoms with E-state index in [2.05, 4.69) is 18.2 Å². The van der Waals surface area contributed by atoms with Crippen LogP contribution in [-0.2, 0) is 9.53 Å². The van der Waals surface area contributed by atoms with Crippen LogP contribution < -0.4 is 0 Å². The van der Waals surface area contributed by atoms with E-state index in [1.165, 1.54) is 12.0 Å². The van der Waals surface area contributed by atoms with Gasteiger partial charge < -0.3 is 9.64 Å². The smallest absolute Gasteiger partial charge is 0.306 e. The van der Waals surface area contributed by atoms with E-state index in [0.717, 1.165) is 30.1 Å². The summed E-state index contributed by atoms with van der Waals surface area (Å²) in [5, 5.41) is 0. The number of carbonyl (C=O) groups excluding carboxylic acids is 1. The highest BCUT2D eigenvalue weighted by molar-refractivity contribution is 8.02. The molecule has 2 aliphatic heterocycles. The molecule has 3 rings (SSSR count). The first-order valence-electron chi connectivity index (χ1n) is 9.80. The number of piperidine rings is 1. The summed E-state index contributed by atoms with van der Waals surface area (Å²) >= 11 is 3.64. The Kier molecular flexibility index (Phi) is 7.91. The van der Waals surface area contributed by atoms with Crippen molar-refractivity contribution in [3.63, 3.8) is 0 Å². The fraction of sp³-hybridized carbons (Fsp3) is 0.667. The van der Waals surface area contributed by atoms with Gasteiger partial charge in [0, 0.05) is 35.3 Å². The molecule has 2 heterocycles. The number of nitrogens with zero attached hydrogens (tertiary/aromatic N) is 1. The molecule has 3 nitrogen and oxygen atoms in total. The number of benzene rings is 1. The van der Waals surface area contributed by atoms with Crippen LogP contribution in [0.5, 0.6) is 0 Å². The molecule has 0 N–H and O–H groups in total. The number of hydrogen-bond acceptors (Lipinski definition) is 5. The van der Waals surface area contributed by atoms with Gasteiger partial charge in [0.25, 0.3) is 0 Å². The van der Waals surface area contributed by atoms with Crippen LogP contribution in [-0.4, -0.2) is 60.1 Å². The van der Waals surface area contributed by atoms with E-state index in [-0.39, 0.29) is 17.7 Å². The molecule has 1 aromatic carbocycles. The minimum atomic E-state index is -0.198. The molecule has 0 spiro atoms. The molecule has 0 saturated carbocycles. The molecular weight excluding hydrogens is 381 g/mol. The molecule has 2 aliphatic rings. The second-order valence-corrected chi connectivity index (χ2v) is 9.77. The summed E-state index contributed by atoms with van der Waals surface area (Å²) in [5.41, 5.74) is 1.18. The van der Waals surface area contributed by atoms with Gasteiger partial charge in [-0.15, -0.1) is 0 Å². The van der Waals surface area contributed by atoms with Crippen LogP contribution in [0.1, 0.15) is 37.2 Å². The molecule has 4 atom stereocenters. The maximum atomic E-state index is 13.3. The van der Waals surface area contributed by atoms with Gasteiger partial charge in [0.1, 0.15) is 5.82 Å². The Morgan fingerprint density at radius 3 is 2.74 bits per heavy atom. The molecule has 0 aliphatic carbocycles. The average molecular weight is 412 g/mol. The fourth-order valence-corrected chi connectivity index (χ4v) is 6.21. The Morgan fingerprint density at radius 1 is 1.22 bits per heavy atom. The van der Waals surface area contributed by atoms with Crippen molar-refractivity contribution in [3.8, 4) is 0 Å². The quantitative estimate of drug-likeness (QED) is 0.443. The van der Waals surface area contributed by atoms with Crippen molar-refractivity contribution in [1.29, 1.82) is 0 Å². The maximum Gasteiger partial charge on any atom is 0.306 e. The van der Waals surface area contributed by atoms with Gasteiger partial charge in [0.05, 0.1) is 13.0 Å². The molecule has 0 unspecified atom stereocenters. The molecular formula is C21H30FNO2S2. The number of halogens is 1. The largest absolute Gasteiger partial charge is 0.465 e. The second kappa shape index (κ2) is 10.2. The molecule has 2 saturated heterocycles. The lowest BCUT2D eigenvalue weighted by Gasteiger charge is -2.43. The van der Waals surface area contributed by atoms with Crippen molar-refractivity contribution in [2.75, 3.05) is 37.2 Å². The van der Waals surface area contributed by atoms with E-state index in [9.17, 15) is 9.18 Å². The van der Waals surface area contributed by atoms with E-state index in [4.69, 9.17) is 4.74 Å². The zero-order valence-electron chi connectivity index (χ0n) is 16.2. The van der Waals surface area contributed by atoms with Crippen LogP contribution in [0.2, 0.25) is 0 Å². The summed E-state index contributed by atoms with van der Waals surface area (Å²) in [6, 6.07) is 7.94. The summed E-state index contributed by atoms with van der Waals surface area (Å²) in [6.07, 6.45) is 6.00. The Labute approximate surface area is 170 Å². The Hall–Kier alpha value is -0.720. The molecule has 27 heavy (non-hydrogen) atoms. The molecule has 2 fully saturated rings. The minimum Gasteiger partial charge on any atom is -0.465 e. The van der Waals surface area contributed by atoms with Gasteiger partial charge in [0.2, 0.25) is 0 Å². The molecule has 0 amide bonds. The summed E-state index contributed by atoms with van der Waals surface area (Å²) in [5.74, 6) is 3.37. The number of thioether (sulfide) groups is 2. The third-order valence-electron chi connectivity index (χ3n) is 6.05. The second-order valence-electron chi connectivity index (χ2n) is 7.56. The standard InChI is InChI=1S/C21H30FNO2S2/c1-23-17-7-8-20(23)19(14-25-21(24)9-10-27-12-11-26-2)18(13-17)15-3-5-16(22)6-4-15/h3-6,17-20H,7-14H2,1-2H3/t17-,18+,19-,20+/m0/s1. The van der Waals surface area contributed by atoms with Crippen LogP contribution in [0, 0.1) is 11.7 Å². The first-order chi connectivity index (χ1) is 13.1. The topological polar surface area (TPSA) is 29.5 Å². The maximum absolute atomic E-state index is 13.3. The lowest BCUT2D eigenvalue weighted by molar-refractivity contribution is -0.146. The van der Waals surface area contributed by atoms with E-state index < -0.39 is 0 Å². The summed E-state index contributed by atoms with van der Waals surface area (Å²) in [7, 11) is 2.19. The van der Waals surface area contributed by atoms with Gasteiger partial charge in [-0.1, -0.05) is 12.1 Å². The van der Waals surface area contributed by atoms with Crippen molar-refractivity contribution in [1.82, 2.24) is 4.90 Å². The predicted octanol–water partition coefficient (Wildman–Crippen LogP) is 4.42. The SMILES string of the molecule is CSCCSCCC(=O)OC[C@H]1[C@@H](c2ccc(F)cc2)C[C@@H]2CC[C@H]1N2C. The van der Waals surface area contributed by atoms with Crippen molar-refractivity contribution < 1.29 is 13.9 Å². The monoisotopic (exact) mass is 411 g/mol. The molecule has 6 heteroatoms. The Balaban J connectivity index is 1.58. The zero-order chi connectivity index (χ0) is 19.2. The van der Waals surface area contributed by atoms with Crippen LogP contribution >= 0.6 is 23.5 Å². The van der Waals surface area contributed by atoms with Gasteiger partial charge in [0.15, 0.2) is 0 Å². The van der Waals surface area contributed by atoms with Gasteiger partial charge in [-0.25, -0.2) is 4.39 Å². The summed E-state index contributed by atoms with van der Waals surface area (Å²) in [6.45, 7) is 0.470. The fourth-order valence-electron chi connectivity index (χ4n) is 4.56. The lowest BCUT2D eigenvalue weighted by atomic mass is 9.76. The van der Waals surface area contributed by atoms with Gasteiger partial charge >= 0.3 is 5.97 Å². The van der Waals surface area contributed by atoms with Crippen molar-refractivity contribution in [2.24, 2.45) is 5.92 Å². The Bertz CT molecular complexity index is 613. The molecule has 0 radical (unpaired) electrons. The average Bonchev–Trinajstić information content (AvgIpc) is 2.90. The third kappa shape index (κ3) is 5.42. The first-order valence-corrected chi connectivity index (χ1v) is 12.3. The third-order valence-corrected chi connectivity index (χ3v) is 7.91. The van der Waals surface area contributed by atoms with E-state index in [1.807, 2.05) is 35.7 Å². The van der Waals surface area contributed by atoms with Crippen LogP contribution in [0.15, 0.2) is 24.3 Å². The van der Waals surface area contributed by atoms with Crippen LogP contribution in [0.3, 0.4) is 0 Å². The van der Waals surface area contributed by atoms with Crippen molar-refractivity contribution >= 4 is 29.5 Å². The van der Waals surface area contributed by atoms with Gasteiger partial charge in [-0.2, -0.15) is 23.5 Å². The highest BCUT2D eigenvalue weighted by Gasteiger charge is 2.46. The normalized spacial score (nSPS) is 27.7. The van der Waals surface area contributed by atoms with E-state index in [0.29, 0.717) is 31.0 Å². The number of rotatable bonds is 9. The molecule has 2 bridgehead atoms.